The monoisotopic (exact) mass is 316 g/mol. The number of benzene rings is 1. The molecule has 1 amide bonds. The number of carbonyl (C=O) groups is 1. The van der Waals surface area contributed by atoms with Gasteiger partial charge >= 0.3 is 0 Å². The highest BCUT2D eigenvalue weighted by Crippen LogP contribution is 2.48. The molecule has 1 heterocycles. The molecule has 21 heavy (non-hydrogen) atoms. The molecule has 1 aromatic rings. The van der Waals surface area contributed by atoms with Crippen LogP contribution in [-0.4, -0.2) is 25.0 Å². The molecule has 1 aliphatic carbocycles. The van der Waals surface area contributed by atoms with Crippen LogP contribution in [0.1, 0.15) is 30.7 Å². The summed E-state index contributed by atoms with van der Waals surface area (Å²) in [6.45, 7) is 1.80. The summed E-state index contributed by atoms with van der Waals surface area (Å²) < 4.78 is 26.5. The number of hydrogen-bond donors (Lipinski definition) is 2. The van der Waals surface area contributed by atoms with Crippen molar-refractivity contribution in [3.63, 3.8) is 0 Å². The van der Waals surface area contributed by atoms with Gasteiger partial charge in [0.05, 0.1) is 0 Å². The third kappa shape index (κ3) is 3.71. The molecule has 3 atom stereocenters. The first kappa shape index (κ1) is 16.2. The third-order valence-corrected chi connectivity index (χ3v) is 4.13. The fourth-order valence-corrected chi connectivity index (χ4v) is 2.91. The summed E-state index contributed by atoms with van der Waals surface area (Å²) in [7, 11) is 0. The Morgan fingerprint density at radius 3 is 2.81 bits per heavy atom. The van der Waals surface area contributed by atoms with Gasteiger partial charge in [-0.3, -0.25) is 4.79 Å². The van der Waals surface area contributed by atoms with E-state index in [1.165, 1.54) is 12.1 Å². The fourth-order valence-electron chi connectivity index (χ4n) is 2.91. The molecule has 3 unspecified atom stereocenters. The summed E-state index contributed by atoms with van der Waals surface area (Å²) >= 11 is 0. The van der Waals surface area contributed by atoms with Crippen LogP contribution in [0.3, 0.4) is 0 Å². The van der Waals surface area contributed by atoms with Crippen LogP contribution in [0.15, 0.2) is 18.2 Å². The summed E-state index contributed by atoms with van der Waals surface area (Å²) in [5.41, 5.74) is 0.452. The van der Waals surface area contributed by atoms with Crippen LogP contribution in [0, 0.1) is 17.6 Å². The standard InChI is InChI=1S/C15H18F2N2O.ClH/c16-9-3-4-11(14(17)6-9)12-7-13(12)15(20)19-10-2-1-5-18-8-10;/h3-4,6,10,12-13,18H,1-2,5,7-8H2,(H,19,20);1H. The molecule has 0 bridgehead atoms. The van der Waals surface area contributed by atoms with Gasteiger partial charge in [0.2, 0.25) is 5.91 Å². The Kier molecular flexibility index (Phi) is 5.17. The average Bonchev–Trinajstić information content (AvgIpc) is 3.20. The molecule has 2 N–H and O–H groups in total. The normalized spacial score (nSPS) is 27.6. The zero-order chi connectivity index (χ0) is 14.1. The summed E-state index contributed by atoms with van der Waals surface area (Å²) in [6.07, 6.45) is 2.70. The molecule has 1 saturated heterocycles. The highest BCUT2D eigenvalue weighted by Gasteiger charge is 2.45. The lowest BCUT2D eigenvalue weighted by Gasteiger charge is -2.23. The summed E-state index contributed by atoms with van der Waals surface area (Å²) in [5.74, 6) is -1.41. The number of amides is 1. The lowest BCUT2D eigenvalue weighted by atomic mass is 10.1. The van der Waals surface area contributed by atoms with Crippen LogP contribution < -0.4 is 10.6 Å². The topological polar surface area (TPSA) is 41.1 Å². The second-order valence-electron chi connectivity index (χ2n) is 5.67. The molecule has 0 spiro atoms. The van der Waals surface area contributed by atoms with E-state index in [1.807, 2.05) is 0 Å². The highest BCUT2D eigenvalue weighted by molar-refractivity contribution is 5.85. The quantitative estimate of drug-likeness (QED) is 0.899. The molecule has 116 valence electrons. The Hall–Kier alpha value is -1.20. The lowest BCUT2D eigenvalue weighted by Crippen LogP contribution is -2.46. The van der Waals surface area contributed by atoms with Crippen molar-refractivity contribution in [1.82, 2.24) is 10.6 Å². The zero-order valence-corrected chi connectivity index (χ0v) is 12.4. The van der Waals surface area contributed by atoms with Crippen LogP contribution >= 0.6 is 12.4 Å². The Bertz CT molecular complexity index is 520. The van der Waals surface area contributed by atoms with Crippen LogP contribution in [0.2, 0.25) is 0 Å². The first-order valence-electron chi connectivity index (χ1n) is 7.11. The fraction of sp³-hybridized carbons (Fsp3) is 0.533. The van der Waals surface area contributed by atoms with E-state index < -0.39 is 11.6 Å². The summed E-state index contributed by atoms with van der Waals surface area (Å²) in [4.78, 5) is 12.1. The van der Waals surface area contributed by atoms with Gasteiger partial charge in [-0.15, -0.1) is 12.4 Å². The Labute approximate surface area is 128 Å². The number of piperidine rings is 1. The van der Waals surface area contributed by atoms with Crippen LogP contribution in [0.25, 0.3) is 0 Å². The molecule has 0 radical (unpaired) electrons. The Balaban J connectivity index is 0.00000161. The van der Waals surface area contributed by atoms with Crippen LogP contribution in [0.4, 0.5) is 8.78 Å². The predicted octanol–water partition coefficient (Wildman–Crippen LogP) is 2.36. The highest BCUT2D eigenvalue weighted by atomic mass is 35.5. The molecule has 2 fully saturated rings. The van der Waals surface area contributed by atoms with Gasteiger partial charge in [-0.1, -0.05) is 6.07 Å². The maximum Gasteiger partial charge on any atom is 0.224 e. The molecular weight excluding hydrogens is 298 g/mol. The maximum absolute atomic E-state index is 13.7. The molecule has 1 saturated carbocycles. The van der Waals surface area contributed by atoms with Crippen molar-refractivity contribution in [3.05, 3.63) is 35.4 Å². The van der Waals surface area contributed by atoms with Gasteiger partial charge in [-0.2, -0.15) is 0 Å². The van der Waals surface area contributed by atoms with Gasteiger partial charge in [0.15, 0.2) is 0 Å². The number of rotatable bonds is 3. The van der Waals surface area contributed by atoms with Crippen LogP contribution in [0.5, 0.6) is 0 Å². The summed E-state index contributed by atoms with van der Waals surface area (Å²) in [6, 6.07) is 3.76. The Morgan fingerprint density at radius 2 is 2.14 bits per heavy atom. The Morgan fingerprint density at radius 1 is 1.33 bits per heavy atom. The van der Waals surface area contributed by atoms with Crippen LogP contribution in [-0.2, 0) is 4.79 Å². The molecule has 6 heteroatoms. The van der Waals surface area contributed by atoms with Crippen molar-refractivity contribution in [3.8, 4) is 0 Å². The van der Waals surface area contributed by atoms with Gasteiger partial charge in [0, 0.05) is 24.6 Å². The molecule has 3 nitrogen and oxygen atoms in total. The summed E-state index contributed by atoms with van der Waals surface area (Å²) in [5, 5.41) is 6.25. The third-order valence-electron chi connectivity index (χ3n) is 4.13. The predicted molar refractivity (Wildman–Crippen MR) is 78.5 cm³/mol. The van der Waals surface area contributed by atoms with E-state index in [2.05, 4.69) is 10.6 Å². The van der Waals surface area contributed by atoms with Crippen molar-refractivity contribution in [1.29, 1.82) is 0 Å². The van der Waals surface area contributed by atoms with Gasteiger partial charge in [-0.05, 0) is 43.4 Å². The number of nitrogens with one attached hydrogen (secondary N) is 2. The molecule has 3 rings (SSSR count). The van der Waals surface area contributed by atoms with E-state index in [0.717, 1.165) is 32.0 Å². The van der Waals surface area contributed by atoms with E-state index in [9.17, 15) is 13.6 Å². The van der Waals surface area contributed by atoms with E-state index >= 15 is 0 Å². The molecule has 1 aromatic carbocycles. The largest absolute Gasteiger partial charge is 0.352 e. The number of hydrogen-bond acceptors (Lipinski definition) is 2. The van der Waals surface area contributed by atoms with Crippen molar-refractivity contribution >= 4 is 18.3 Å². The van der Waals surface area contributed by atoms with E-state index in [0.29, 0.717) is 12.0 Å². The van der Waals surface area contributed by atoms with Crippen molar-refractivity contribution in [2.45, 2.75) is 31.2 Å². The van der Waals surface area contributed by atoms with Gasteiger partial charge in [-0.25, -0.2) is 8.78 Å². The van der Waals surface area contributed by atoms with Gasteiger partial charge in [0.1, 0.15) is 11.6 Å². The van der Waals surface area contributed by atoms with E-state index in [1.54, 1.807) is 0 Å². The zero-order valence-electron chi connectivity index (χ0n) is 11.6. The second-order valence-corrected chi connectivity index (χ2v) is 5.67. The first-order valence-corrected chi connectivity index (χ1v) is 7.11. The second kappa shape index (κ2) is 6.71. The minimum absolute atomic E-state index is 0. The molecule has 2 aliphatic rings. The van der Waals surface area contributed by atoms with Crippen molar-refractivity contribution in [2.24, 2.45) is 5.92 Å². The van der Waals surface area contributed by atoms with E-state index in [-0.39, 0.29) is 36.2 Å². The number of carbonyl (C=O) groups excluding carboxylic acids is 1. The molecular formula is C15H19ClF2N2O. The molecule has 0 aromatic heterocycles. The average molecular weight is 317 g/mol. The maximum atomic E-state index is 13.7. The SMILES string of the molecule is Cl.O=C(NC1CCCNC1)C1CC1c1ccc(F)cc1F. The van der Waals surface area contributed by atoms with E-state index in [4.69, 9.17) is 0 Å². The first-order chi connectivity index (χ1) is 9.65. The lowest BCUT2D eigenvalue weighted by molar-refractivity contribution is -0.123. The minimum atomic E-state index is -0.582. The van der Waals surface area contributed by atoms with Gasteiger partial charge < -0.3 is 10.6 Å². The van der Waals surface area contributed by atoms with Gasteiger partial charge in [0.25, 0.3) is 0 Å². The smallest absolute Gasteiger partial charge is 0.224 e. The van der Waals surface area contributed by atoms with Crippen molar-refractivity contribution in [2.75, 3.05) is 13.1 Å². The molecule has 1 aliphatic heterocycles. The van der Waals surface area contributed by atoms with Crippen molar-refractivity contribution < 1.29 is 13.6 Å². The minimum Gasteiger partial charge on any atom is -0.352 e. The number of halogens is 3.